The lowest BCUT2D eigenvalue weighted by molar-refractivity contribution is -0.127. The molecule has 1 fully saturated rings. The zero-order chi connectivity index (χ0) is 16.8. The molecule has 0 bridgehead atoms. The molecule has 1 saturated heterocycles. The molecule has 0 aliphatic carbocycles. The van der Waals surface area contributed by atoms with E-state index in [1.54, 1.807) is 13.1 Å². The number of amides is 1. The molecule has 24 heavy (non-hydrogen) atoms. The number of carbonyl (C=O) groups excluding carboxylic acids is 1. The summed E-state index contributed by atoms with van der Waals surface area (Å²) in [6.07, 6.45) is 3.71. The summed E-state index contributed by atoms with van der Waals surface area (Å²) in [5.74, 6) is 1.56. The molecule has 1 aromatic carbocycles. The summed E-state index contributed by atoms with van der Waals surface area (Å²) in [5.41, 5.74) is 1.05. The second kappa shape index (κ2) is 7.81. The fourth-order valence-electron chi connectivity index (χ4n) is 2.78. The smallest absolute Gasteiger partial charge is 0.261 e. The van der Waals surface area contributed by atoms with Crippen molar-refractivity contribution in [3.05, 3.63) is 54.2 Å². The summed E-state index contributed by atoms with van der Waals surface area (Å²) < 4.78 is 5.64. The summed E-state index contributed by atoms with van der Waals surface area (Å²) in [5, 5.41) is 2.93. The van der Waals surface area contributed by atoms with Crippen LogP contribution in [0.15, 0.2) is 48.7 Å². The van der Waals surface area contributed by atoms with Crippen molar-refractivity contribution in [2.24, 2.45) is 0 Å². The van der Waals surface area contributed by atoms with E-state index in [-0.39, 0.29) is 5.91 Å². The molecule has 0 radical (unpaired) electrons. The Hall–Kier alpha value is -2.56. The Balaban J connectivity index is 1.53. The van der Waals surface area contributed by atoms with Crippen LogP contribution in [0.1, 0.15) is 25.3 Å². The zero-order valence-electron chi connectivity index (χ0n) is 13.9. The van der Waals surface area contributed by atoms with E-state index in [0.717, 1.165) is 24.5 Å². The van der Waals surface area contributed by atoms with Crippen molar-refractivity contribution in [3.63, 3.8) is 0 Å². The monoisotopic (exact) mass is 325 g/mol. The first kappa shape index (κ1) is 16.3. The Morgan fingerprint density at radius 1 is 1.25 bits per heavy atom. The van der Waals surface area contributed by atoms with Gasteiger partial charge in [0, 0.05) is 25.8 Å². The number of anilines is 1. The van der Waals surface area contributed by atoms with Crippen LogP contribution >= 0.6 is 0 Å². The van der Waals surface area contributed by atoms with Gasteiger partial charge >= 0.3 is 0 Å². The molecule has 1 unspecified atom stereocenters. The maximum Gasteiger partial charge on any atom is 0.261 e. The SMILES string of the molecule is CC(Oc1ccccc1)C(=O)NCc1ccnc(N2CCCC2)c1. The normalized spacial score (nSPS) is 15.1. The van der Waals surface area contributed by atoms with E-state index in [2.05, 4.69) is 15.2 Å². The second-order valence-corrected chi connectivity index (χ2v) is 6.01. The lowest BCUT2D eigenvalue weighted by atomic mass is 10.2. The van der Waals surface area contributed by atoms with Gasteiger partial charge in [0.1, 0.15) is 11.6 Å². The minimum atomic E-state index is -0.535. The van der Waals surface area contributed by atoms with Gasteiger partial charge in [0.15, 0.2) is 6.10 Å². The van der Waals surface area contributed by atoms with Gasteiger partial charge in [-0.15, -0.1) is 0 Å². The lowest BCUT2D eigenvalue weighted by Crippen LogP contribution is -2.35. The highest BCUT2D eigenvalue weighted by Crippen LogP contribution is 2.18. The summed E-state index contributed by atoms with van der Waals surface area (Å²) >= 11 is 0. The average Bonchev–Trinajstić information content (AvgIpc) is 3.15. The highest BCUT2D eigenvalue weighted by Gasteiger charge is 2.16. The van der Waals surface area contributed by atoms with Crippen LogP contribution in [0.5, 0.6) is 5.75 Å². The molecule has 3 rings (SSSR count). The molecule has 5 nitrogen and oxygen atoms in total. The molecule has 0 spiro atoms. The molecule has 126 valence electrons. The third-order valence-corrected chi connectivity index (χ3v) is 4.13. The van der Waals surface area contributed by atoms with Gasteiger partial charge in [-0.25, -0.2) is 4.98 Å². The van der Waals surface area contributed by atoms with Crippen molar-refractivity contribution in [1.29, 1.82) is 0 Å². The Kier molecular flexibility index (Phi) is 5.31. The van der Waals surface area contributed by atoms with Gasteiger partial charge < -0.3 is 15.0 Å². The van der Waals surface area contributed by atoms with E-state index in [4.69, 9.17) is 4.74 Å². The van der Waals surface area contributed by atoms with E-state index in [9.17, 15) is 4.79 Å². The largest absolute Gasteiger partial charge is 0.481 e. The van der Waals surface area contributed by atoms with Gasteiger partial charge in [0.2, 0.25) is 0 Å². The number of aromatic nitrogens is 1. The molecule has 2 aromatic rings. The van der Waals surface area contributed by atoms with Gasteiger partial charge in [-0.05, 0) is 49.6 Å². The summed E-state index contributed by atoms with van der Waals surface area (Å²) in [6.45, 7) is 4.35. The second-order valence-electron chi connectivity index (χ2n) is 6.01. The third-order valence-electron chi connectivity index (χ3n) is 4.13. The minimum Gasteiger partial charge on any atom is -0.481 e. The van der Waals surface area contributed by atoms with Gasteiger partial charge in [-0.2, -0.15) is 0 Å². The van der Waals surface area contributed by atoms with Crippen LogP contribution in [-0.2, 0) is 11.3 Å². The van der Waals surface area contributed by atoms with Gasteiger partial charge in [0.05, 0.1) is 0 Å². The molecule has 1 aliphatic heterocycles. The van der Waals surface area contributed by atoms with E-state index in [1.165, 1.54) is 12.8 Å². The van der Waals surface area contributed by atoms with Crippen molar-refractivity contribution in [2.45, 2.75) is 32.4 Å². The molecule has 2 heterocycles. The Morgan fingerprint density at radius 2 is 2.00 bits per heavy atom. The van der Waals surface area contributed by atoms with Crippen LogP contribution in [0, 0.1) is 0 Å². The maximum atomic E-state index is 12.2. The molecule has 0 saturated carbocycles. The molecular weight excluding hydrogens is 302 g/mol. The van der Waals surface area contributed by atoms with Crippen molar-refractivity contribution in [2.75, 3.05) is 18.0 Å². The Labute approximate surface area is 142 Å². The average molecular weight is 325 g/mol. The predicted molar refractivity (Wildman–Crippen MR) is 94.1 cm³/mol. The highest BCUT2D eigenvalue weighted by atomic mass is 16.5. The number of ether oxygens (including phenoxy) is 1. The van der Waals surface area contributed by atoms with Gasteiger partial charge in [0.25, 0.3) is 5.91 Å². The van der Waals surface area contributed by atoms with E-state index >= 15 is 0 Å². The number of benzene rings is 1. The third kappa shape index (κ3) is 4.25. The van der Waals surface area contributed by atoms with E-state index < -0.39 is 6.10 Å². The van der Waals surface area contributed by atoms with Crippen LogP contribution in [-0.4, -0.2) is 30.1 Å². The van der Waals surface area contributed by atoms with E-state index in [1.807, 2.05) is 42.5 Å². The first-order valence-corrected chi connectivity index (χ1v) is 8.41. The van der Waals surface area contributed by atoms with Crippen molar-refractivity contribution < 1.29 is 9.53 Å². The number of nitrogens with one attached hydrogen (secondary N) is 1. The van der Waals surface area contributed by atoms with E-state index in [0.29, 0.717) is 12.3 Å². The highest BCUT2D eigenvalue weighted by molar-refractivity contribution is 5.80. The molecule has 1 amide bonds. The fraction of sp³-hybridized carbons (Fsp3) is 0.368. The fourth-order valence-corrected chi connectivity index (χ4v) is 2.78. The van der Waals surface area contributed by atoms with Crippen molar-refractivity contribution >= 4 is 11.7 Å². The van der Waals surface area contributed by atoms with Crippen LogP contribution in [0.2, 0.25) is 0 Å². The molecular formula is C19H23N3O2. The molecule has 1 aliphatic rings. The number of hydrogen-bond donors (Lipinski definition) is 1. The van der Waals surface area contributed by atoms with Crippen molar-refractivity contribution in [1.82, 2.24) is 10.3 Å². The number of carbonyl (C=O) groups is 1. The first-order chi connectivity index (χ1) is 11.7. The summed E-state index contributed by atoms with van der Waals surface area (Å²) in [4.78, 5) is 18.9. The van der Waals surface area contributed by atoms with Crippen LogP contribution in [0.4, 0.5) is 5.82 Å². The molecule has 1 N–H and O–H groups in total. The standard InChI is InChI=1S/C19H23N3O2/c1-15(24-17-7-3-2-4-8-17)19(23)21-14-16-9-10-20-18(13-16)22-11-5-6-12-22/h2-4,7-10,13,15H,5-6,11-12,14H2,1H3,(H,21,23). The number of hydrogen-bond acceptors (Lipinski definition) is 4. The summed E-state index contributed by atoms with van der Waals surface area (Å²) in [7, 11) is 0. The Morgan fingerprint density at radius 3 is 2.75 bits per heavy atom. The summed E-state index contributed by atoms with van der Waals surface area (Å²) in [6, 6.07) is 13.4. The Bertz CT molecular complexity index is 669. The van der Waals surface area contributed by atoms with Crippen LogP contribution in [0.3, 0.4) is 0 Å². The predicted octanol–water partition coefficient (Wildman–Crippen LogP) is 2.77. The number of pyridine rings is 1. The van der Waals surface area contributed by atoms with Crippen LogP contribution < -0.4 is 15.0 Å². The van der Waals surface area contributed by atoms with Crippen molar-refractivity contribution in [3.8, 4) is 5.75 Å². The first-order valence-electron chi connectivity index (χ1n) is 8.41. The quantitative estimate of drug-likeness (QED) is 0.887. The molecule has 1 aromatic heterocycles. The lowest BCUT2D eigenvalue weighted by Gasteiger charge is -2.17. The van der Waals surface area contributed by atoms with Crippen LogP contribution in [0.25, 0.3) is 0 Å². The minimum absolute atomic E-state index is 0.126. The van der Waals surface area contributed by atoms with Gasteiger partial charge in [-0.3, -0.25) is 4.79 Å². The number of rotatable bonds is 6. The topological polar surface area (TPSA) is 54.5 Å². The molecule has 1 atom stereocenters. The zero-order valence-corrected chi connectivity index (χ0v) is 13.9. The van der Waals surface area contributed by atoms with Gasteiger partial charge in [-0.1, -0.05) is 18.2 Å². The number of nitrogens with zero attached hydrogens (tertiary/aromatic N) is 2. The molecule has 5 heteroatoms. The number of para-hydroxylation sites is 1. The maximum absolute atomic E-state index is 12.2.